The number of rotatable bonds is 5. The maximum atomic E-state index is 12.4. The monoisotopic (exact) mass is 305 g/mol. The molecule has 0 radical (unpaired) electrons. The molecule has 0 aliphatic carbocycles. The van der Waals surface area contributed by atoms with Crippen molar-refractivity contribution in [1.82, 2.24) is 4.98 Å². The Hall–Kier alpha value is 0.250. The van der Waals surface area contributed by atoms with Gasteiger partial charge in [-0.15, -0.1) is 11.3 Å². The lowest BCUT2D eigenvalue weighted by Crippen LogP contribution is -2.12. The molecular weight excluding hydrogens is 299 g/mol. The van der Waals surface area contributed by atoms with E-state index in [1.807, 2.05) is 0 Å². The SMILES string of the molecule is FC(F)C(F)CCSc1nc(Br)cs1. The summed E-state index contributed by atoms with van der Waals surface area (Å²) in [7, 11) is 0. The Morgan fingerprint density at radius 1 is 1.50 bits per heavy atom. The van der Waals surface area contributed by atoms with Crippen molar-refractivity contribution in [1.29, 1.82) is 0 Å². The van der Waals surface area contributed by atoms with Crippen molar-refractivity contribution in [3.05, 3.63) is 9.98 Å². The molecule has 1 heterocycles. The van der Waals surface area contributed by atoms with Crippen LogP contribution in [0.5, 0.6) is 0 Å². The van der Waals surface area contributed by atoms with Gasteiger partial charge in [-0.2, -0.15) is 0 Å². The highest BCUT2D eigenvalue weighted by Gasteiger charge is 2.18. The fraction of sp³-hybridized carbons (Fsp3) is 0.571. The Kier molecular flexibility index (Phi) is 5.25. The van der Waals surface area contributed by atoms with Crippen LogP contribution in [0, 0.1) is 0 Å². The van der Waals surface area contributed by atoms with E-state index in [4.69, 9.17) is 0 Å². The molecule has 1 aromatic heterocycles. The van der Waals surface area contributed by atoms with Gasteiger partial charge in [0.1, 0.15) is 4.60 Å². The molecule has 0 bridgehead atoms. The minimum Gasteiger partial charge on any atom is -0.241 e. The summed E-state index contributed by atoms with van der Waals surface area (Å²) < 4.78 is 37.4. The zero-order valence-corrected chi connectivity index (χ0v) is 10.1. The van der Waals surface area contributed by atoms with Crippen LogP contribution >= 0.6 is 39.0 Å². The third-order valence-electron chi connectivity index (χ3n) is 1.35. The van der Waals surface area contributed by atoms with Gasteiger partial charge in [-0.05, 0) is 22.4 Å². The lowest BCUT2D eigenvalue weighted by molar-refractivity contribution is 0.0488. The molecule has 0 amide bonds. The van der Waals surface area contributed by atoms with E-state index < -0.39 is 12.6 Å². The molecule has 0 aliphatic heterocycles. The van der Waals surface area contributed by atoms with E-state index in [2.05, 4.69) is 20.9 Å². The second-order valence-corrected chi connectivity index (χ2v) is 5.44. The molecule has 1 aromatic rings. The van der Waals surface area contributed by atoms with E-state index in [0.717, 1.165) is 8.94 Å². The quantitative estimate of drug-likeness (QED) is 0.763. The average molecular weight is 306 g/mol. The second-order valence-electron chi connectivity index (χ2n) is 2.42. The fourth-order valence-electron chi connectivity index (χ4n) is 0.690. The third-order valence-corrected chi connectivity index (χ3v) is 4.11. The summed E-state index contributed by atoms with van der Waals surface area (Å²) >= 11 is 5.86. The van der Waals surface area contributed by atoms with Crippen LogP contribution in [0.2, 0.25) is 0 Å². The van der Waals surface area contributed by atoms with Gasteiger partial charge in [0.2, 0.25) is 0 Å². The van der Waals surface area contributed by atoms with Crippen molar-refractivity contribution in [2.45, 2.75) is 23.4 Å². The zero-order chi connectivity index (χ0) is 10.6. The Labute approximate surface area is 96.2 Å². The molecule has 1 nitrogen and oxygen atoms in total. The van der Waals surface area contributed by atoms with Crippen LogP contribution in [0.4, 0.5) is 13.2 Å². The fourth-order valence-corrected chi connectivity index (χ4v) is 3.13. The summed E-state index contributed by atoms with van der Waals surface area (Å²) in [5.41, 5.74) is 0. The molecule has 0 saturated heterocycles. The first-order valence-corrected chi connectivity index (χ1v) is 6.41. The highest BCUT2D eigenvalue weighted by atomic mass is 79.9. The molecule has 0 spiro atoms. The van der Waals surface area contributed by atoms with E-state index in [0.29, 0.717) is 5.75 Å². The van der Waals surface area contributed by atoms with Crippen molar-refractivity contribution in [3.8, 4) is 0 Å². The van der Waals surface area contributed by atoms with Crippen LogP contribution in [0.3, 0.4) is 0 Å². The summed E-state index contributed by atoms with van der Waals surface area (Å²) in [4.78, 5) is 4.04. The average Bonchev–Trinajstić information content (AvgIpc) is 2.51. The van der Waals surface area contributed by atoms with Crippen molar-refractivity contribution in [2.75, 3.05) is 5.75 Å². The molecule has 0 aromatic carbocycles. The number of thioether (sulfide) groups is 1. The van der Waals surface area contributed by atoms with Crippen molar-refractivity contribution >= 4 is 39.0 Å². The molecule has 0 aliphatic rings. The number of hydrogen-bond donors (Lipinski definition) is 0. The van der Waals surface area contributed by atoms with Crippen molar-refractivity contribution in [3.63, 3.8) is 0 Å². The molecule has 1 atom stereocenters. The molecule has 0 saturated carbocycles. The molecule has 7 heteroatoms. The second kappa shape index (κ2) is 5.97. The lowest BCUT2D eigenvalue weighted by Gasteiger charge is -2.04. The number of aromatic nitrogens is 1. The van der Waals surface area contributed by atoms with Gasteiger partial charge in [0.25, 0.3) is 6.43 Å². The topological polar surface area (TPSA) is 12.9 Å². The van der Waals surface area contributed by atoms with Crippen LogP contribution in [0.15, 0.2) is 14.3 Å². The standard InChI is InChI=1S/C7H7BrF3NS2/c8-5-3-14-7(12-5)13-2-1-4(9)6(10)11/h3-4,6H,1-2H2. The Balaban J connectivity index is 2.22. The van der Waals surface area contributed by atoms with Crippen LogP contribution in [0.25, 0.3) is 0 Å². The molecule has 0 N–H and O–H groups in total. The van der Waals surface area contributed by atoms with Gasteiger partial charge in [0.05, 0.1) is 0 Å². The predicted molar refractivity (Wildman–Crippen MR) is 56.1 cm³/mol. The molecular formula is C7H7BrF3NS2. The van der Waals surface area contributed by atoms with E-state index >= 15 is 0 Å². The Morgan fingerprint density at radius 2 is 2.21 bits per heavy atom. The first-order chi connectivity index (χ1) is 6.59. The van der Waals surface area contributed by atoms with Crippen LogP contribution < -0.4 is 0 Å². The van der Waals surface area contributed by atoms with Crippen LogP contribution in [-0.4, -0.2) is 23.3 Å². The van der Waals surface area contributed by atoms with Crippen LogP contribution in [0.1, 0.15) is 6.42 Å². The molecule has 1 rings (SSSR count). The summed E-state index contributed by atoms with van der Waals surface area (Å²) in [6.45, 7) is 0. The summed E-state index contributed by atoms with van der Waals surface area (Å²) in [6.07, 6.45) is -5.04. The zero-order valence-electron chi connectivity index (χ0n) is 6.92. The maximum Gasteiger partial charge on any atom is 0.269 e. The van der Waals surface area contributed by atoms with Gasteiger partial charge in [-0.1, -0.05) is 11.8 Å². The van der Waals surface area contributed by atoms with E-state index in [-0.39, 0.29) is 6.42 Å². The predicted octanol–water partition coefficient (Wildman–Crippen LogP) is 3.99. The summed E-state index contributed by atoms with van der Waals surface area (Å²) in [5, 5.41) is 1.79. The summed E-state index contributed by atoms with van der Waals surface area (Å²) in [5.74, 6) is 0.325. The lowest BCUT2D eigenvalue weighted by atomic mass is 10.3. The number of alkyl halides is 3. The van der Waals surface area contributed by atoms with Gasteiger partial charge in [-0.25, -0.2) is 18.2 Å². The molecule has 80 valence electrons. The number of halogens is 4. The number of nitrogens with zero attached hydrogens (tertiary/aromatic N) is 1. The molecule has 1 unspecified atom stereocenters. The first-order valence-electron chi connectivity index (χ1n) is 3.75. The van der Waals surface area contributed by atoms with Gasteiger partial charge in [-0.3, -0.25) is 0 Å². The van der Waals surface area contributed by atoms with Gasteiger partial charge < -0.3 is 0 Å². The number of hydrogen-bond acceptors (Lipinski definition) is 3. The van der Waals surface area contributed by atoms with Crippen LogP contribution in [-0.2, 0) is 0 Å². The summed E-state index contributed by atoms with van der Waals surface area (Å²) in [6, 6.07) is 0. The Morgan fingerprint density at radius 3 is 2.71 bits per heavy atom. The van der Waals surface area contributed by atoms with Crippen molar-refractivity contribution in [2.24, 2.45) is 0 Å². The maximum absolute atomic E-state index is 12.4. The van der Waals surface area contributed by atoms with Gasteiger partial charge >= 0.3 is 0 Å². The minimum atomic E-state index is -2.88. The van der Waals surface area contributed by atoms with E-state index in [1.54, 1.807) is 5.38 Å². The largest absolute Gasteiger partial charge is 0.269 e. The smallest absolute Gasteiger partial charge is 0.241 e. The van der Waals surface area contributed by atoms with Gasteiger partial charge in [0.15, 0.2) is 10.5 Å². The van der Waals surface area contributed by atoms with Gasteiger partial charge in [0, 0.05) is 11.1 Å². The minimum absolute atomic E-state index is 0.139. The third kappa shape index (κ3) is 4.18. The first kappa shape index (κ1) is 12.3. The Bertz CT molecular complexity index is 282. The highest BCUT2D eigenvalue weighted by molar-refractivity contribution is 9.10. The highest BCUT2D eigenvalue weighted by Crippen LogP contribution is 2.26. The van der Waals surface area contributed by atoms with Crippen molar-refractivity contribution < 1.29 is 13.2 Å². The molecule has 14 heavy (non-hydrogen) atoms. The number of thiazole rings is 1. The normalized spacial score (nSPS) is 13.5. The molecule has 0 fully saturated rings. The van der Waals surface area contributed by atoms with E-state index in [1.165, 1.54) is 23.1 Å². The van der Waals surface area contributed by atoms with E-state index in [9.17, 15) is 13.2 Å².